The molecule has 0 bridgehead atoms. The van der Waals surface area contributed by atoms with Crippen molar-refractivity contribution in [1.82, 2.24) is 19.6 Å². The lowest BCUT2D eigenvalue weighted by atomic mass is 9.96. The molecule has 6 heteroatoms. The standard InChI is InChI=1S/C21H23ClN4O/c22-19-4-2-1-3-17(19)14-25-10-7-16(8-11-25)13-24-21(27)18-5-6-20-23-9-12-26(20)15-18/h1-6,9,12,15-16H,7-8,10-11,13-14H2,(H,24,27). The van der Waals surface area contributed by atoms with Crippen molar-refractivity contribution < 1.29 is 4.79 Å². The van der Waals surface area contributed by atoms with Crippen LogP contribution in [0.3, 0.4) is 0 Å². The van der Waals surface area contributed by atoms with E-state index in [9.17, 15) is 4.79 Å². The van der Waals surface area contributed by atoms with Gasteiger partial charge in [-0.1, -0.05) is 29.8 Å². The van der Waals surface area contributed by atoms with Crippen molar-refractivity contribution in [2.24, 2.45) is 5.92 Å². The minimum atomic E-state index is -0.0240. The fraction of sp³-hybridized carbons (Fsp3) is 0.333. The number of halogens is 1. The predicted molar refractivity (Wildman–Crippen MR) is 107 cm³/mol. The summed E-state index contributed by atoms with van der Waals surface area (Å²) in [5.41, 5.74) is 2.69. The zero-order valence-electron chi connectivity index (χ0n) is 15.1. The molecule has 27 heavy (non-hydrogen) atoms. The van der Waals surface area contributed by atoms with Gasteiger partial charge in [-0.3, -0.25) is 9.69 Å². The molecule has 0 aliphatic carbocycles. The topological polar surface area (TPSA) is 49.6 Å². The quantitative estimate of drug-likeness (QED) is 0.733. The van der Waals surface area contributed by atoms with Crippen LogP contribution in [0.1, 0.15) is 28.8 Å². The molecule has 0 atom stereocenters. The second kappa shape index (κ2) is 8.11. The monoisotopic (exact) mass is 382 g/mol. The zero-order valence-corrected chi connectivity index (χ0v) is 15.9. The van der Waals surface area contributed by atoms with Gasteiger partial charge in [0, 0.05) is 36.7 Å². The van der Waals surface area contributed by atoms with Crippen LogP contribution in [0, 0.1) is 5.92 Å². The highest BCUT2D eigenvalue weighted by molar-refractivity contribution is 6.31. The number of nitrogens with one attached hydrogen (secondary N) is 1. The van der Waals surface area contributed by atoms with E-state index in [0.717, 1.165) is 49.7 Å². The molecule has 0 unspecified atom stereocenters. The van der Waals surface area contributed by atoms with E-state index in [2.05, 4.69) is 21.3 Å². The minimum Gasteiger partial charge on any atom is -0.352 e. The van der Waals surface area contributed by atoms with Gasteiger partial charge >= 0.3 is 0 Å². The number of aromatic nitrogens is 2. The number of carbonyl (C=O) groups excluding carboxylic acids is 1. The molecule has 2 aromatic heterocycles. The average molecular weight is 383 g/mol. The van der Waals surface area contributed by atoms with Crippen LogP contribution in [0.4, 0.5) is 0 Å². The number of imidazole rings is 1. The highest BCUT2D eigenvalue weighted by atomic mass is 35.5. The summed E-state index contributed by atoms with van der Waals surface area (Å²) in [5, 5.41) is 3.92. The number of amides is 1. The zero-order chi connectivity index (χ0) is 18.6. The fourth-order valence-corrected chi connectivity index (χ4v) is 3.81. The summed E-state index contributed by atoms with van der Waals surface area (Å²) in [5.74, 6) is 0.498. The van der Waals surface area contributed by atoms with Gasteiger partial charge in [0.15, 0.2) is 0 Å². The van der Waals surface area contributed by atoms with Crippen LogP contribution < -0.4 is 5.32 Å². The van der Waals surface area contributed by atoms with Crippen molar-refractivity contribution in [2.75, 3.05) is 19.6 Å². The van der Waals surface area contributed by atoms with Crippen molar-refractivity contribution in [2.45, 2.75) is 19.4 Å². The Bertz CT molecular complexity index is 931. The molecule has 0 spiro atoms. The number of piperidine rings is 1. The summed E-state index contributed by atoms with van der Waals surface area (Å²) in [6.07, 6.45) is 7.58. The number of benzene rings is 1. The molecule has 1 fully saturated rings. The maximum Gasteiger partial charge on any atom is 0.252 e. The van der Waals surface area contributed by atoms with Gasteiger partial charge in [-0.05, 0) is 55.6 Å². The highest BCUT2D eigenvalue weighted by Crippen LogP contribution is 2.22. The van der Waals surface area contributed by atoms with Crippen LogP contribution in [-0.4, -0.2) is 39.8 Å². The summed E-state index contributed by atoms with van der Waals surface area (Å²) < 4.78 is 1.86. The SMILES string of the molecule is O=C(NCC1CCN(Cc2ccccc2Cl)CC1)c1ccc2nccn2c1. The molecule has 1 amide bonds. The van der Waals surface area contributed by atoms with E-state index in [4.69, 9.17) is 11.6 Å². The first kappa shape index (κ1) is 18.0. The van der Waals surface area contributed by atoms with Crippen molar-refractivity contribution in [3.8, 4) is 0 Å². The van der Waals surface area contributed by atoms with Crippen molar-refractivity contribution in [1.29, 1.82) is 0 Å². The van der Waals surface area contributed by atoms with Crippen LogP contribution in [0.5, 0.6) is 0 Å². The van der Waals surface area contributed by atoms with E-state index < -0.39 is 0 Å². The van der Waals surface area contributed by atoms with Gasteiger partial charge in [-0.15, -0.1) is 0 Å². The molecule has 0 saturated carbocycles. The van der Waals surface area contributed by atoms with Crippen LogP contribution in [0.2, 0.25) is 5.02 Å². The number of nitrogens with zero attached hydrogens (tertiary/aromatic N) is 3. The van der Waals surface area contributed by atoms with Gasteiger partial charge in [0.05, 0.1) is 5.56 Å². The maximum absolute atomic E-state index is 12.4. The third-order valence-corrected chi connectivity index (χ3v) is 5.63. The number of hydrogen-bond donors (Lipinski definition) is 1. The number of fused-ring (bicyclic) bond motifs is 1. The van der Waals surface area contributed by atoms with E-state index in [1.54, 1.807) is 6.20 Å². The largest absolute Gasteiger partial charge is 0.352 e. The predicted octanol–water partition coefficient (Wildman–Crippen LogP) is 3.63. The van der Waals surface area contributed by atoms with Gasteiger partial charge < -0.3 is 9.72 Å². The molecule has 1 aromatic carbocycles. The Hall–Kier alpha value is -2.37. The molecular formula is C21H23ClN4O. The van der Waals surface area contributed by atoms with E-state index in [-0.39, 0.29) is 5.91 Å². The Kier molecular flexibility index (Phi) is 5.41. The molecule has 5 nitrogen and oxygen atoms in total. The Balaban J connectivity index is 1.25. The van der Waals surface area contributed by atoms with Crippen LogP contribution >= 0.6 is 11.6 Å². The summed E-state index contributed by atoms with van der Waals surface area (Å²) >= 11 is 6.26. The summed E-state index contributed by atoms with van der Waals surface area (Å²) in [4.78, 5) is 19.1. The normalized spacial score (nSPS) is 15.9. The summed E-state index contributed by atoms with van der Waals surface area (Å²) in [6, 6.07) is 11.7. The van der Waals surface area contributed by atoms with Gasteiger partial charge in [0.25, 0.3) is 5.91 Å². The molecule has 3 aromatic rings. The maximum atomic E-state index is 12.4. The average Bonchev–Trinajstić information content (AvgIpc) is 3.17. The molecule has 1 saturated heterocycles. The minimum absolute atomic E-state index is 0.0240. The molecule has 0 radical (unpaired) electrons. The number of hydrogen-bond acceptors (Lipinski definition) is 3. The van der Waals surface area contributed by atoms with E-state index in [1.165, 1.54) is 5.56 Å². The number of pyridine rings is 1. The van der Waals surface area contributed by atoms with Gasteiger partial charge in [0.1, 0.15) is 5.65 Å². The molecule has 3 heterocycles. The smallest absolute Gasteiger partial charge is 0.252 e. The van der Waals surface area contributed by atoms with Gasteiger partial charge in [-0.25, -0.2) is 4.98 Å². The number of carbonyl (C=O) groups is 1. The summed E-state index contributed by atoms with van der Waals surface area (Å²) in [7, 11) is 0. The van der Waals surface area contributed by atoms with E-state index in [0.29, 0.717) is 11.5 Å². The molecule has 1 aliphatic heterocycles. The number of likely N-dealkylation sites (tertiary alicyclic amines) is 1. The fourth-order valence-electron chi connectivity index (χ4n) is 3.61. The lowest BCUT2D eigenvalue weighted by molar-refractivity contribution is 0.0935. The molecular weight excluding hydrogens is 360 g/mol. The molecule has 1 aliphatic rings. The van der Waals surface area contributed by atoms with Crippen molar-refractivity contribution in [3.63, 3.8) is 0 Å². The third-order valence-electron chi connectivity index (χ3n) is 5.26. The first-order chi connectivity index (χ1) is 13.2. The van der Waals surface area contributed by atoms with Gasteiger partial charge in [-0.2, -0.15) is 0 Å². The van der Waals surface area contributed by atoms with Crippen LogP contribution in [0.15, 0.2) is 55.0 Å². The first-order valence-corrected chi connectivity index (χ1v) is 9.73. The van der Waals surface area contributed by atoms with E-state index >= 15 is 0 Å². The second-order valence-electron chi connectivity index (χ2n) is 7.13. The number of rotatable bonds is 5. The first-order valence-electron chi connectivity index (χ1n) is 9.36. The lowest BCUT2D eigenvalue weighted by Crippen LogP contribution is -2.38. The van der Waals surface area contributed by atoms with Gasteiger partial charge in [0.2, 0.25) is 0 Å². The molecule has 1 N–H and O–H groups in total. The van der Waals surface area contributed by atoms with E-state index in [1.807, 2.05) is 47.1 Å². The lowest BCUT2D eigenvalue weighted by Gasteiger charge is -2.32. The summed E-state index contributed by atoms with van der Waals surface area (Å²) in [6.45, 7) is 3.68. The van der Waals surface area contributed by atoms with Crippen molar-refractivity contribution >= 4 is 23.2 Å². The third kappa shape index (κ3) is 4.31. The molecule has 4 rings (SSSR count). The Morgan fingerprint density at radius 1 is 1.19 bits per heavy atom. The Labute approximate surface area is 164 Å². The Morgan fingerprint density at radius 2 is 2.00 bits per heavy atom. The van der Waals surface area contributed by atoms with Crippen LogP contribution in [-0.2, 0) is 6.54 Å². The van der Waals surface area contributed by atoms with Crippen molar-refractivity contribution in [3.05, 3.63) is 71.1 Å². The highest BCUT2D eigenvalue weighted by Gasteiger charge is 2.20. The van der Waals surface area contributed by atoms with Crippen LogP contribution in [0.25, 0.3) is 5.65 Å². The Morgan fingerprint density at radius 3 is 2.81 bits per heavy atom. The second-order valence-corrected chi connectivity index (χ2v) is 7.54. The molecule has 140 valence electrons.